The van der Waals surface area contributed by atoms with E-state index in [4.69, 9.17) is 74.8 Å². The summed E-state index contributed by atoms with van der Waals surface area (Å²) < 4.78 is 91.8. The van der Waals surface area contributed by atoms with Crippen molar-refractivity contribution in [3.05, 3.63) is 115 Å². The van der Waals surface area contributed by atoms with E-state index in [9.17, 15) is 26.4 Å². The van der Waals surface area contributed by atoms with Crippen LogP contribution in [0.1, 0.15) is 74.0 Å². The summed E-state index contributed by atoms with van der Waals surface area (Å²) in [6.07, 6.45) is 1.92. The van der Waals surface area contributed by atoms with E-state index in [2.05, 4.69) is 19.2 Å². The van der Waals surface area contributed by atoms with Crippen LogP contribution in [0.2, 0.25) is 20.1 Å². The molecule has 4 atom stereocenters. The average molecular weight is 1160 g/mol. The summed E-state index contributed by atoms with van der Waals surface area (Å²) in [5, 5.41) is 2.23. The van der Waals surface area contributed by atoms with Crippen molar-refractivity contribution < 1.29 is 54.8 Å². The van der Waals surface area contributed by atoms with Crippen LogP contribution in [0.25, 0.3) is 0 Å². The molecule has 0 heterocycles. The zero-order valence-electron chi connectivity index (χ0n) is 43.2. The fraction of sp³-hybridized carbons (Fsp3) is 0.509. The van der Waals surface area contributed by atoms with Gasteiger partial charge in [0.15, 0.2) is 0 Å². The minimum absolute atomic E-state index is 0.0141. The van der Waals surface area contributed by atoms with E-state index >= 15 is 0 Å². The molecule has 0 bridgehead atoms. The third-order valence-electron chi connectivity index (χ3n) is 13.2. The number of benzene rings is 4. The lowest BCUT2D eigenvalue weighted by Gasteiger charge is -2.27. The molecule has 22 heteroatoms. The summed E-state index contributed by atoms with van der Waals surface area (Å²) in [5.74, 6) is 0.673. The highest BCUT2D eigenvalue weighted by atomic mass is 35.5. The molecule has 0 fully saturated rings. The second-order valence-corrected chi connectivity index (χ2v) is 24.5. The number of Topliss-reactive ketones (excluding diaryl/α,β-unsaturated/α-hetero) is 2. The zero-order chi connectivity index (χ0) is 54.5. The maximum absolute atomic E-state index is 13.0. The first-order valence-electron chi connectivity index (χ1n) is 24.8. The molecule has 0 saturated heterocycles. The molecular formula is C53H68Cl4N4O12S2. The van der Waals surface area contributed by atoms with Crippen molar-refractivity contribution in [2.45, 2.75) is 86.5 Å². The number of ether oxygens (including phenoxy) is 6. The zero-order valence-corrected chi connectivity index (χ0v) is 47.8. The molecule has 16 nitrogen and oxygen atoms in total. The van der Waals surface area contributed by atoms with Crippen molar-refractivity contribution in [1.82, 2.24) is 19.2 Å². The molecule has 2 aliphatic rings. The lowest BCUT2D eigenvalue weighted by Crippen LogP contribution is -2.34. The van der Waals surface area contributed by atoms with Crippen LogP contribution < -0.4 is 18.9 Å². The summed E-state index contributed by atoms with van der Waals surface area (Å²) >= 11 is 25.6. The SMILES string of the molecule is CN(C)[C@H]1Cc2c(Cl)cc(Cl)cc2[C@@H]1Oc1ccc(S(=O)(=O)NCCOCCOCCCC(=O)C(C)(C)C(=O)CCCOCCOCCNS(=O)(=O)c2ccc(O[C@H]3c4cc(Cl)cc(Cl)c4C[C@@H]3N(C)C)cc2)cc1. The molecule has 4 aromatic carbocycles. The number of fused-ring (bicyclic) bond motifs is 2. The Balaban J connectivity index is 0.761. The number of sulfonamides is 2. The van der Waals surface area contributed by atoms with E-state index in [0.717, 1.165) is 22.3 Å². The molecule has 0 aliphatic heterocycles. The van der Waals surface area contributed by atoms with Gasteiger partial charge in [-0.3, -0.25) is 9.59 Å². The monoisotopic (exact) mass is 1160 g/mol. The summed E-state index contributed by atoms with van der Waals surface area (Å²) in [7, 11) is 0.273. The Morgan fingerprint density at radius 2 is 0.893 bits per heavy atom. The van der Waals surface area contributed by atoms with Gasteiger partial charge in [-0.15, -0.1) is 0 Å². The molecule has 0 unspecified atom stereocenters. The highest BCUT2D eigenvalue weighted by Crippen LogP contribution is 2.44. The third kappa shape index (κ3) is 16.8. The van der Waals surface area contributed by atoms with Crippen molar-refractivity contribution in [3.8, 4) is 11.5 Å². The molecule has 0 saturated carbocycles. The number of carbonyl (C=O) groups excluding carboxylic acids is 2. The number of rotatable bonds is 32. The average Bonchev–Trinajstić information content (AvgIpc) is 3.91. The van der Waals surface area contributed by atoms with Crippen molar-refractivity contribution in [2.24, 2.45) is 5.41 Å². The third-order valence-corrected chi connectivity index (χ3v) is 17.3. The van der Waals surface area contributed by atoms with Crippen LogP contribution in [0.15, 0.2) is 82.6 Å². The van der Waals surface area contributed by atoms with Crippen molar-refractivity contribution >= 4 is 78.0 Å². The number of nitrogens with zero attached hydrogens (tertiary/aromatic N) is 2. The smallest absolute Gasteiger partial charge is 0.240 e. The molecular weight excluding hydrogens is 1090 g/mol. The van der Waals surface area contributed by atoms with Gasteiger partial charge in [0.25, 0.3) is 0 Å². The Morgan fingerprint density at radius 3 is 1.24 bits per heavy atom. The Bertz CT molecular complexity index is 2600. The van der Waals surface area contributed by atoms with Gasteiger partial charge >= 0.3 is 0 Å². The lowest BCUT2D eigenvalue weighted by molar-refractivity contribution is -0.139. The number of hydrogen-bond acceptors (Lipinski definition) is 14. The van der Waals surface area contributed by atoms with Crippen molar-refractivity contribution in [3.63, 3.8) is 0 Å². The summed E-state index contributed by atoms with van der Waals surface area (Å²) in [6.45, 7) is 5.17. The number of hydrogen-bond donors (Lipinski definition) is 2. The Kier molecular flexibility index (Phi) is 22.6. The molecule has 75 heavy (non-hydrogen) atoms. The van der Waals surface area contributed by atoms with Crippen molar-refractivity contribution in [2.75, 3.05) is 94.1 Å². The first-order chi connectivity index (χ1) is 35.6. The van der Waals surface area contributed by atoms with Crippen LogP contribution in [-0.2, 0) is 61.4 Å². The molecule has 2 aliphatic carbocycles. The molecule has 2 N–H and O–H groups in total. The summed E-state index contributed by atoms with van der Waals surface area (Å²) in [4.78, 5) is 30.2. The van der Waals surface area contributed by atoms with Crippen LogP contribution in [-0.4, -0.2) is 144 Å². The lowest BCUT2D eigenvalue weighted by atomic mass is 9.80. The molecule has 0 radical (unpaired) electrons. The van der Waals surface area contributed by atoms with Gasteiger partial charge < -0.3 is 38.2 Å². The van der Waals surface area contributed by atoms with Crippen LogP contribution >= 0.6 is 46.4 Å². The van der Waals surface area contributed by atoms with E-state index in [-0.39, 0.29) is 111 Å². The number of carbonyl (C=O) groups is 2. The van der Waals surface area contributed by atoms with Gasteiger partial charge in [-0.2, -0.15) is 0 Å². The van der Waals surface area contributed by atoms with Gasteiger partial charge in [0.05, 0.1) is 66.9 Å². The minimum atomic E-state index is -3.80. The van der Waals surface area contributed by atoms with Crippen LogP contribution in [0.5, 0.6) is 11.5 Å². The highest BCUT2D eigenvalue weighted by Gasteiger charge is 2.39. The Labute approximate surface area is 462 Å². The second-order valence-electron chi connectivity index (χ2n) is 19.3. The molecule has 0 amide bonds. The first-order valence-corrected chi connectivity index (χ1v) is 29.3. The van der Waals surface area contributed by atoms with E-state index < -0.39 is 25.5 Å². The van der Waals surface area contributed by atoms with Gasteiger partial charge in [0.1, 0.15) is 35.3 Å². The molecule has 0 spiro atoms. The van der Waals surface area contributed by atoms with Crippen LogP contribution in [0.4, 0.5) is 0 Å². The van der Waals surface area contributed by atoms with Crippen LogP contribution in [0.3, 0.4) is 0 Å². The largest absolute Gasteiger partial charge is 0.484 e. The second kappa shape index (κ2) is 27.9. The van der Waals surface area contributed by atoms with Gasteiger partial charge in [-0.25, -0.2) is 26.3 Å². The van der Waals surface area contributed by atoms with Gasteiger partial charge in [-0.1, -0.05) is 46.4 Å². The maximum atomic E-state index is 13.0. The maximum Gasteiger partial charge on any atom is 0.240 e. The predicted octanol–water partition coefficient (Wildman–Crippen LogP) is 8.56. The molecule has 4 aromatic rings. The number of likely N-dealkylation sites (N-methyl/N-ethyl adjacent to an activating group) is 2. The fourth-order valence-electron chi connectivity index (χ4n) is 8.87. The van der Waals surface area contributed by atoms with E-state index in [0.29, 0.717) is 70.5 Å². The Hall–Kier alpha value is -3.44. The normalized spacial score (nSPS) is 17.7. The van der Waals surface area contributed by atoms with E-state index in [1.807, 2.05) is 40.3 Å². The van der Waals surface area contributed by atoms with Gasteiger partial charge in [0, 0.05) is 70.4 Å². The van der Waals surface area contributed by atoms with Gasteiger partial charge in [-0.05, 0) is 152 Å². The quantitative estimate of drug-likeness (QED) is 0.0350. The summed E-state index contributed by atoms with van der Waals surface area (Å²) in [6, 6.07) is 19.6. The fourth-order valence-corrected chi connectivity index (χ4v) is 12.1. The Morgan fingerprint density at radius 1 is 0.547 bits per heavy atom. The number of nitrogens with one attached hydrogen (secondary N) is 2. The van der Waals surface area contributed by atoms with Gasteiger partial charge in [0.2, 0.25) is 20.0 Å². The molecule has 0 aromatic heterocycles. The standard InChI is InChI=1S/C53H68Cl4N4O12S2/c1-53(2,49(62)9-7-21-68-25-27-70-23-19-58-74(64,65)39-15-11-37(12-16-39)72-51-43-29-35(54)31-45(56)41(43)33-47(51)60(3)4)50(63)10-8-22-69-26-28-71-24-20-59-75(66,67)40-17-13-38(14-18-40)73-52-44-30-36(55)32-46(57)42(44)34-48(52)61(5)6/h11-18,29-32,47-48,51-52,58-59H,7-10,19-28,33-34H2,1-6H3/t47-,48-,51-,52-/m0/s1. The molecule has 412 valence electrons. The van der Waals surface area contributed by atoms with E-state index in [1.165, 1.54) is 24.3 Å². The number of ketones is 2. The highest BCUT2D eigenvalue weighted by molar-refractivity contribution is 7.89. The van der Waals surface area contributed by atoms with Crippen LogP contribution in [0, 0.1) is 5.41 Å². The van der Waals surface area contributed by atoms with Crippen molar-refractivity contribution in [1.29, 1.82) is 0 Å². The summed E-state index contributed by atoms with van der Waals surface area (Å²) in [5.41, 5.74) is 2.64. The van der Waals surface area contributed by atoms with E-state index in [1.54, 1.807) is 50.2 Å². The minimum Gasteiger partial charge on any atom is -0.484 e. The topological polar surface area (TPSA) is 188 Å². The first kappa shape index (κ1) is 60.8. The predicted molar refractivity (Wildman–Crippen MR) is 291 cm³/mol. The molecule has 6 rings (SSSR count). The number of halogens is 4.